The van der Waals surface area contributed by atoms with E-state index in [0.717, 1.165) is 12.1 Å². The molecule has 2 amide bonds. The van der Waals surface area contributed by atoms with Crippen LogP contribution in [0.3, 0.4) is 0 Å². The topological polar surface area (TPSA) is 116 Å². The van der Waals surface area contributed by atoms with Crippen molar-refractivity contribution in [1.29, 1.82) is 5.26 Å². The van der Waals surface area contributed by atoms with Crippen molar-refractivity contribution in [3.63, 3.8) is 0 Å². The SMILES string of the molecule is C[C@@]12C[C@H](N(CCN3CCOCC3)C(=O)O)[C@]3(CCO[C@H]4[C@@H]3[C@@H]1C(=O)N4c1ccc(C#N)c(C(F)(F)F)c1)O2. The van der Waals surface area contributed by atoms with Crippen LogP contribution in [0.4, 0.5) is 23.7 Å². The Kier molecular flexibility index (Phi) is 6.11. The van der Waals surface area contributed by atoms with Crippen LogP contribution in [0.1, 0.15) is 30.9 Å². The molecule has 6 rings (SSSR count). The molecule has 0 aliphatic carbocycles. The number of amides is 2. The van der Waals surface area contributed by atoms with E-state index in [2.05, 4.69) is 4.90 Å². The van der Waals surface area contributed by atoms with Crippen LogP contribution in [0.2, 0.25) is 0 Å². The minimum atomic E-state index is -4.78. The van der Waals surface area contributed by atoms with Gasteiger partial charge < -0.3 is 24.2 Å². The van der Waals surface area contributed by atoms with E-state index in [1.165, 1.54) is 15.9 Å². The van der Waals surface area contributed by atoms with Crippen molar-refractivity contribution in [2.24, 2.45) is 11.8 Å². The summed E-state index contributed by atoms with van der Waals surface area (Å²) in [6.45, 7) is 5.34. The maximum atomic E-state index is 13.9. The van der Waals surface area contributed by atoms with Gasteiger partial charge in [0.25, 0.3) is 0 Å². The lowest BCUT2D eigenvalue weighted by Crippen LogP contribution is -2.63. The molecular formula is C26H29F3N4O6. The van der Waals surface area contributed by atoms with Gasteiger partial charge in [-0.2, -0.15) is 18.4 Å². The van der Waals surface area contributed by atoms with Crippen molar-refractivity contribution in [2.45, 2.75) is 49.4 Å². The molecule has 210 valence electrons. The van der Waals surface area contributed by atoms with Crippen molar-refractivity contribution < 1.29 is 42.1 Å². The Morgan fingerprint density at radius 3 is 2.69 bits per heavy atom. The second kappa shape index (κ2) is 9.05. The Morgan fingerprint density at radius 2 is 2.03 bits per heavy atom. The van der Waals surface area contributed by atoms with Crippen molar-refractivity contribution in [2.75, 3.05) is 50.9 Å². The summed E-state index contributed by atoms with van der Waals surface area (Å²) in [5, 5.41) is 19.4. The van der Waals surface area contributed by atoms with Crippen LogP contribution in [0.5, 0.6) is 0 Å². The van der Waals surface area contributed by atoms with E-state index < -0.39 is 64.6 Å². The highest BCUT2D eigenvalue weighted by atomic mass is 19.4. The predicted octanol–water partition coefficient (Wildman–Crippen LogP) is 2.51. The second-order valence-electron chi connectivity index (χ2n) is 11.1. The Bertz CT molecular complexity index is 1230. The molecule has 1 aromatic rings. The molecule has 0 radical (unpaired) electrons. The molecule has 2 bridgehead atoms. The van der Waals surface area contributed by atoms with Gasteiger partial charge in [0.15, 0.2) is 0 Å². The van der Waals surface area contributed by atoms with Crippen molar-refractivity contribution in [3.8, 4) is 6.07 Å². The third-order valence-electron chi connectivity index (χ3n) is 9.10. The van der Waals surface area contributed by atoms with E-state index in [-0.39, 0.29) is 18.8 Å². The van der Waals surface area contributed by atoms with E-state index in [1.54, 1.807) is 13.0 Å². The average molecular weight is 551 g/mol. The zero-order valence-corrected chi connectivity index (χ0v) is 21.3. The Balaban J connectivity index is 1.34. The largest absolute Gasteiger partial charge is 0.465 e. The quantitative estimate of drug-likeness (QED) is 0.595. The number of carbonyl (C=O) groups is 2. The molecule has 0 aromatic heterocycles. The number of fused-ring (bicyclic) bond motifs is 2. The molecule has 39 heavy (non-hydrogen) atoms. The lowest BCUT2D eigenvalue weighted by Gasteiger charge is -2.48. The summed E-state index contributed by atoms with van der Waals surface area (Å²) in [7, 11) is 0. The fraction of sp³-hybridized carbons (Fsp3) is 0.654. The number of rotatable bonds is 5. The zero-order chi connectivity index (χ0) is 27.7. The molecule has 1 spiro atoms. The van der Waals surface area contributed by atoms with E-state index in [9.17, 15) is 33.1 Å². The molecule has 1 N–H and O–H groups in total. The third-order valence-corrected chi connectivity index (χ3v) is 9.10. The fourth-order valence-electron chi connectivity index (χ4n) is 7.52. The molecule has 6 atom stereocenters. The minimum absolute atomic E-state index is 0.00951. The number of hydrogen-bond acceptors (Lipinski definition) is 7. The van der Waals surface area contributed by atoms with Gasteiger partial charge >= 0.3 is 12.3 Å². The van der Waals surface area contributed by atoms with Gasteiger partial charge in [-0.1, -0.05) is 0 Å². The highest BCUT2D eigenvalue weighted by Gasteiger charge is 2.79. The number of anilines is 1. The van der Waals surface area contributed by atoms with Gasteiger partial charge in [-0.25, -0.2) is 4.79 Å². The van der Waals surface area contributed by atoms with Gasteiger partial charge in [-0.15, -0.1) is 0 Å². The number of alkyl halides is 3. The number of carbonyl (C=O) groups excluding carboxylic acids is 1. The molecule has 0 saturated carbocycles. The Morgan fingerprint density at radius 1 is 1.28 bits per heavy atom. The second-order valence-corrected chi connectivity index (χ2v) is 11.1. The zero-order valence-electron chi connectivity index (χ0n) is 21.3. The highest BCUT2D eigenvalue weighted by molar-refractivity contribution is 6.00. The number of hydrogen-bond donors (Lipinski definition) is 1. The fourth-order valence-corrected chi connectivity index (χ4v) is 7.52. The maximum absolute atomic E-state index is 13.9. The number of nitrogens with zero attached hydrogens (tertiary/aromatic N) is 4. The van der Waals surface area contributed by atoms with Gasteiger partial charge in [0.05, 0.1) is 66.1 Å². The summed E-state index contributed by atoms with van der Waals surface area (Å²) in [4.78, 5) is 31.2. The minimum Gasteiger partial charge on any atom is -0.465 e. The normalized spacial score (nSPS) is 35.7. The van der Waals surface area contributed by atoms with Crippen LogP contribution >= 0.6 is 0 Å². The molecule has 0 unspecified atom stereocenters. The molecule has 1 aromatic carbocycles. The molecule has 5 fully saturated rings. The van der Waals surface area contributed by atoms with Crippen molar-refractivity contribution in [1.82, 2.24) is 9.80 Å². The standard InChI is InChI=1S/C26H29F3N4O6/c1-24-13-18(32(23(35)36)6-5-31-7-10-37-11-8-31)25(39-24)4-9-38-22-20(25)19(24)21(34)33(22)16-3-2-15(14-30)17(12-16)26(27,28)29/h2-3,12,18-20,22H,4-11,13H2,1H3,(H,35,36)/t18-,19+,20-,22-,24+,25-/m0/s1. The van der Waals surface area contributed by atoms with Crippen molar-refractivity contribution >= 4 is 17.7 Å². The number of benzene rings is 1. The molecule has 5 saturated heterocycles. The van der Waals surface area contributed by atoms with Gasteiger partial charge in [-0.05, 0) is 25.1 Å². The lowest BCUT2D eigenvalue weighted by atomic mass is 9.63. The molecule has 10 nitrogen and oxygen atoms in total. The van der Waals surface area contributed by atoms with Gasteiger partial charge in [0.2, 0.25) is 5.91 Å². The van der Waals surface area contributed by atoms with E-state index >= 15 is 0 Å². The predicted molar refractivity (Wildman–Crippen MR) is 128 cm³/mol. The monoisotopic (exact) mass is 550 g/mol. The van der Waals surface area contributed by atoms with Crippen LogP contribution in [0, 0.1) is 23.2 Å². The first kappa shape index (κ1) is 26.3. The lowest BCUT2D eigenvalue weighted by molar-refractivity contribution is -0.152. The van der Waals surface area contributed by atoms with Gasteiger partial charge in [0.1, 0.15) is 6.23 Å². The summed E-state index contributed by atoms with van der Waals surface area (Å²) < 4.78 is 59.2. The molecule has 13 heteroatoms. The molecule has 5 aliphatic rings. The smallest absolute Gasteiger partial charge is 0.417 e. The number of carboxylic acid groups (broad SMARTS) is 1. The molecule has 5 aliphatic heterocycles. The first-order valence-corrected chi connectivity index (χ1v) is 13.1. The Hall–Kier alpha value is -2.92. The summed E-state index contributed by atoms with van der Waals surface area (Å²) in [6.07, 6.45) is -6.10. The Labute approximate surface area is 222 Å². The van der Waals surface area contributed by atoms with Crippen LogP contribution in [0.15, 0.2) is 18.2 Å². The highest BCUT2D eigenvalue weighted by Crippen LogP contribution is 2.66. The summed E-state index contributed by atoms with van der Waals surface area (Å²) in [5.74, 6) is -1.67. The van der Waals surface area contributed by atoms with Crippen LogP contribution in [-0.4, -0.2) is 96.4 Å². The summed E-state index contributed by atoms with van der Waals surface area (Å²) in [5.41, 5.74) is -3.67. The van der Waals surface area contributed by atoms with E-state index in [4.69, 9.17) is 14.2 Å². The van der Waals surface area contributed by atoms with Crippen molar-refractivity contribution in [3.05, 3.63) is 29.3 Å². The third kappa shape index (κ3) is 3.91. The van der Waals surface area contributed by atoms with Gasteiger partial charge in [0, 0.05) is 44.7 Å². The van der Waals surface area contributed by atoms with Crippen LogP contribution < -0.4 is 4.90 Å². The number of halogens is 3. The van der Waals surface area contributed by atoms with Crippen LogP contribution in [-0.2, 0) is 25.2 Å². The van der Waals surface area contributed by atoms with Crippen LogP contribution in [0.25, 0.3) is 0 Å². The van der Waals surface area contributed by atoms with E-state index in [0.29, 0.717) is 45.7 Å². The van der Waals surface area contributed by atoms with Gasteiger partial charge in [-0.3, -0.25) is 14.6 Å². The molecular weight excluding hydrogens is 521 g/mol. The number of ether oxygens (including phenoxy) is 3. The first-order valence-electron chi connectivity index (χ1n) is 13.1. The van der Waals surface area contributed by atoms with E-state index in [1.807, 2.05) is 0 Å². The summed E-state index contributed by atoms with van der Waals surface area (Å²) >= 11 is 0. The number of morpholine rings is 1. The average Bonchev–Trinajstić information content (AvgIpc) is 3.47. The summed E-state index contributed by atoms with van der Waals surface area (Å²) in [6, 6.07) is 4.23. The molecule has 5 heterocycles. The number of nitriles is 1. The maximum Gasteiger partial charge on any atom is 0.417 e. The first-order chi connectivity index (χ1) is 18.5.